The Bertz CT molecular complexity index is 905. The molecule has 0 saturated carbocycles. The van der Waals surface area contributed by atoms with Crippen LogP contribution in [0.3, 0.4) is 0 Å². The van der Waals surface area contributed by atoms with Gasteiger partial charge >= 0.3 is 5.97 Å². The lowest BCUT2D eigenvalue weighted by Gasteiger charge is -2.12. The maximum Gasteiger partial charge on any atom is 0.344 e. The van der Waals surface area contributed by atoms with Gasteiger partial charge in [-0.3, -0.25) is 0 Å². The summed E-state index contributed by atoms with van der Waals surface area (Å²) in [6.07, 6.45) is 6.42. The molecule has 1 atom stereocenters. The van der Waals surface area contributed by atoms with Crippen molar-refractivity contribution in [2.45, 2.75) is 54.4 Å². The molecule has 1 N–H and O–H groups in total. The largest absolute Gasteiger partial charge is 0.482 e. The van der Waals surface area contributed by atoms with Crippen molar-refractivity contribution < 1.29 is 14.3 Å². The summed E-state index contributed by atoms with van der Waals surface area (Å²) in [5.41, 5.74) is 3.16. The van der Waals surface area contributed by atoms with E-state index in [1.165, 1.54) is 0 Å². The summed E-state index contributed by atoms with van der Waals surface area (Å²) in [6, 6.07) is 3.87. The number of nitrogens with zero attached hydrogens (tertiary/aromatic N) is 1. The van der Waals surface area contributed by atoms with E-state index < -0.39 is 0 Å². The zero-order valence-electron chi connectivity index (χ0n) is 17.9. The molecule has 2 rings (SSSR count). The first-order valence-electron chi connectivity index (χ1n) is 10.1. The van der Waals surface area contributed by atoms with Gasteiger partial charge in [0.25, 0.3) is 0 Å². The molecule has 1 heterocycles. The van der Waals surface area contributed by atoms with Crippen molar-refractivity contribution in [1.82, 2.24) is 9.97 Å². The highest BCUT2D eigenvalue weighted by molar-refractivity contribution is 5.71. The van der Waals surface area contributed by atoms with Crippen LogP contribution in [0.1, 0.15) is 51.7 Å². The minimum atomic E-state index is -0.363. The number of benzene rings is 1. The van der Waals surface area contributed by atoms with Gasteiger partial charge in [-0.15, -0.1) is 0 Å². The van der Waals surface area contributed by atoms with E-state index in [1.54, 1.807) is 6.92 Å². The number of imidazole rings is 1. The molecular weight excluding hydrogens is 352 g/mol. The average molecular weight is 385 g/mol. The predicted molar refractivity (Wildman–Crippen MR) is 114 cm³/mol. The Morgan fingerprint density at radius 1 is 1.21 bits per heavy atom. The third-order valence-electron chi connectivity index (χ3n) is 4.66. The van der Waals surface area contributed by atoms with Gasteiger partial charge in [0, 0.05) is 5.56 Å². The first-order chi connectivity index (χ1) is 13.4. The molecule has 2 aromatic rings. The summed E-state index contributed by atoms with van der Waals surface area (Å²) in [7, 11) is 0. The number of hydrogen-bond acceptors (Lipinski definition) is 4. The van der Waals surface area contributed by atoms with Crippen LogP contribution in [0.25, 0.3) is 23.5 Å². The fourth-order valence-corrected chi connectivity index (χ4v) is 3.12. The van der Waals surface area contributed by atoms with Gasteiger partial charge in [0.05, 0.1) is 17.3 Å². The molecule has 152 valence electrons. The van der Waals surface area contributed by atoms with Crippen LogP contribution in [0.2, 0.25) is 0 Å². The average Bonchev–Trinajstić information content (AvgIpc) is 3.02. The van der Waals surface area contributed by atoms with Gasteiger partial charge in [-0.1, -0.05) is 39.3 Å². The molecule has 1 aromatic heterocycles. The lowest BCUT2D eigenvalue weighted by molar-refractivity contribution is -0.145. The molecule has 1 aromatic carbocycles. The van der Waals surface area contributed by atoms with E-state index in [-0.39, 0.29) is 12.6 Å². The maximum atomic E-state index is 11.5. The SMILES string of the molecule is CC/C=c1/nc(-c2c(C)cc(OCC(=O)OCC)cc2C)[nH]/c1=C/[C@@H](C)CC. The van der Waals surface area contributed by atoms with E-state index in [0.717, 1.165) is 46.1 Å². The molecule has 0 aliphatic heterocycles. The van der Waals surface area contributed by atoms with Gasteiger partial charge in [0.2, 0.25) is 0 Å². The van der Waals surface area contributed by atoms with Crippen molar-refractivity contribution in [3.8, 4) is 17.1 Å². The van der Waals surface area contributed by atoms with Crippen molar-refractivity contribution in [1.29, 1.82) is 0 Å². The monoisotopic (exact) mass is 384 g/mol. The summed E-state index contributed by atoms with van der Waals surface area (Å²) in [5, 5.41) is 2.08. The van der Waals surface area contributed by atoms with E-state index >= 15 is 0 Å². The minimum absolute atomic E-state index is 0.0869. The van der Waals surface area contributed by atoms with Gasteiger partial charge in [-0.25, -0.2) is 9.78 Å². The van der Waals surface area contributed by atoms with Gasteiger partial charge in [-0.05, 0) is 56.4 Å². The summed E-state index contributed by atoms with van der Waals surface area (Å²) in [4.78, 5) is 19.9. The van der Waals surface area contributed by atoms with Crippen LogP contribution in [0.15, 0.2) is 12.1 Å². The zero-order valence-corrected chi connectivity index (χ0v) is 17.9. The van der Waals surface area contributed by atoms with Crippen LogP contribution in [0, 0.1) is 19.8 Å². The molecule has 0 bridgehead atoms. The smallest absolute Gasteiger partial charge is 0.344 e. The number of aromatic amines is 1. The molecule has 0 amide bonds. The summed E-state index contributed by atoms with van der Waals surface area (Å²) in [5.74, 6) is 1.64. The molecule has 0 saturated heterocycles. The van der Waals surface area contributed by atoms with Crippen LogP contribution in [-0.4, -0.2) is 29.2 Å². The number of carbonyl (C=O) groups excluding carboxylic acids is 1. The van der Waals surface area contributed by atoms with Crippen LogP contribution in [0.5, 0.6) is 5.75 Å². The second-order valence-electron chi connectivity index (χ2n) is 7.07. The Morgan fingerprint density at radius 3 is 2.46 bits per heavy atom. The quantitative estimate of drug-likeness (QED) is 0.706. The van der Waals surface area contributed by atoms with E-state index in [0.29, 0.717) is 18.3 Å². The van der Waals surface area contributed by atoms with Crippen molar-refractivity contribution in [2.24, 2.45) is 5.92 Å². The van der Waals surface area contributed by atoms with Gasteiger partial charge in [0.1, 0.15) is 11.6 Å². The highest BCUT2D eigenvalue weighted by Crippen LogP contribution is 2.28. The highest BCUT2D eigenvalue weighted by Gasteiger charge is 2.13. The van der Waals surface area contributed by atoms with Crippen molar-refractivity contribution in [3.63, 3.8) is 0 Å². The molecule has 0 aliphatic carbocycles. The van der Waals surface area contributed by atoms with E-state index in [1.807, 2.05) is 26.0 Å². The Labute approximate surface area is 167 Å². The fourth-order valence-electron chi connectivity index (χ4n) is 3.12. The third-order valence-corrected chi connectivity index (χ3v) is 4.66. The summed E-state index contributed by atoms with van der Waals surface area (Å²) >= 11 is 0. The predicted octanol–water partition coefficient (Wildman–Crippen LogP) is 3.65. The van der Waals surface area contributed by atoms with Crippen LogP contribution >= 0.6 is 0 Å². The molecule has 0 unspecified atom stereocenters. The molecular formula is C23H32N2O3. The van der Waals surface area contributed by atoms with Crippen LogP contribution in [-0.2, 0) is 9.53 Å². The molecule has 5 nitrogen and oxygen atoms in total. The topological polar surface area (TPSA) is 64.2 Å². The summed E-state index contributed by atoms with van der Waals surface area (Å²) < 4.78 is 10.5. The van der Waals surface area contributed by atoms with Gasteiger partial charge in [0.15, 0.2) is 6.61 Å². The van der Waals surface area contributed by atoms with E-state index in [9.17, 15) is 4.79 Å². The standard InChI is InChI=1S/C23H32N2O3/c1-7-10-19-20(11-15(4)8-2)25-23(24-19)22-16(5)12-18(13-17(22)6)28-14-21(26)27-9-3/h10-13,15H,7-9,14H2,1-6H3,(H,24,25)/b19-10+,20-11+/t15-/m0/s1. The Morgan fingerprint density at radius 2 is 1.89 bits per heavy atom. The molecule has 0 radical (unpaired) electrons. The molecule has 0 fully saturated rings. The zero-order chi connectivity index (χ0) is 20.7. The van der Waals surface area contributed by atoms with Crippen molar-refractivity contribution in [2.75, 3.05) is 13.2 Å². The number of aryl methyl sites for hydroxylation is 2. The number of rotatable bonds is 8. The number of carbonyl (C=O) groups is 1. The van der Waals surface area contributed by atoms with E-state index in [4.69, 9.17) is 14.5 Å². The number of aromatic nitrogens is 2. The first kappa shape index (κ1) is 21.7. The van der Waals surface area contributed by atoms with Crippen LogP contribution < -0.4 is 15.4 Å². The fraction of sp³-hybridized carbons (Fsp3) is 0.478. The van der Waals surface area contributed by atoms with Crippen LogP contribution in [0.4, 0.5) is 0 Å². The minimum Gasteiger partial charge on any atom is -0.482 e. The number of nitrogens with one attached hydrogen (secondary N) is 1. The normalized spacial score (nSPS) is 13.6. The maximum absolute atomic E-state index is 11.5. The van der Waals surface area contributed by atoms with Gasteiger partial charge < -0.3 is 14.5 Å². The first-order valence-corrected chi connectivity index (χ1v) is 10.1. The second kappa shape index (κ2) is 10.1. The molecule has 5 heteroatoms. The molecule has 0 aliphatic rings. The Balaban J connectivity index is 2.40. The lowest BCUT2D eigenvalue weighted by Crippen LogP contribution is -2.25. The molecule has 28 heavy (non-hydrogen) atoms. The van der Waals surface area contributed by atoms with Crippen molar-refractivity contribution in [3.05, 3.63) is 34.0 Å². The van der Waals surface area contributed by atoms with Gasteiger partial charge in [-0.2, -0.15) is 0 Å². The lowest BCUT2D eigenvalue weighted by atomic mass is 10.0. The number of hydrogen-bond donors (Lipinski definition) is 1. The summed E-state index contributed by atoms with van der Waals surface area (Å²) in [6.45, 7) is 12.6. The Hall–Kier alpha value is -2.56. The number of esters is 1. The second-order valence-corrected chi connectivity index (χ2v) is 7.07. The number of H-pyrrole nitrogens is 1. The van der Waals surface area contributed by atoms with Crippen molar-refractivity contribution >= 4 is 18.1 Å². The van der Waals surface area contributed by atoms with E-state index in [2.05, 4.69) is 37.9 Å². The highest BCUT2D eigenvalue weighted by atomic mass is 16.6. The Kier molecular flexibility index (Phi) is 7.85. The number of ether oxygens (including phenoxy) is 2. The molecule has 0 spiro atoms. The third kappa shape index (κ3) is 5.47.